The van der Waals surface area contributed by atoms with Crippen LogP contribution in [0.3, 0.4) is 0 Å². The van der Waals surface area contributed by atoms with Gasteiger partial charge in [-0.15, -0.1) is 11.3 Å². The molecule has 1 aliphatic heterocycles. The molecular formula is C10H14N2O2S. The third-order valence-corrected chi connectivity index (χ3v) is 3.24. The number of ether oxygens (including phenoxy) is 1. The Labute approximate surface area is 92.7 Å². The molecule has 2 atom stereocenters. The molecule has 15 heavy (non-hydrogen) atoms. The Morgan fingerprint density at radius 3 is 3.27 bits per heavy atom. The van der Waals surface area contributed by atoms with Crippen LogP contribution in [0.15, 0.2) is 10.9 Å². The Balaban J connectivity index is 2.08. The van der Waals surface area contributed by atoms with Crippen LogP contribution in [0.5, 0.6) is 0 Å². The molecule has 0 radical (unpaired) electrons. The van der Waals surface area contributed by atoms with Crippen molar-refractivity contribution in [3.05, 3.63) is 16.6 Å². The third kappa shape index (κ3) is 2.18. The van der Waals surface area contributed by atoms with Crippen molar-refractivity contribution in [3.63, 3.8) is 0 Å². The zero-order valence-corrected chi connectivity index (χ0v) is 9.42. The lowest BCUT2D eigenvalue weighted by atomic mass is 9.94. The highest BCUT2D eigenvalue weighted by Crippen LogP contribution is 2.28. The van der Waals surface area contributed by atoms with E-state index in [1.54, 1.807) is 16.8 Å². The molecule has 0 saturated carbocycles. The van der Waals surface area contributed by atoms with Crippen molar-refractivity contribution in [3.8, 4) is 0 Å². The molecule has 2 heterocycles. The maximum absolute atomic E-state index is 11.7. The zero-order chi connectivity index (χ0) is 10.7. The standard InChI is InChI=1S/C10H14N2O2S/c1-2-14-10(13)8-4-11-3-7(8)9-5-15-6-12-9/h5-8,11H,2-4H2,1H3. The first-order valence-electron chi connectivity index (χ1n) is 5.08. The van der Waals surface area contributed by atoms with Crippen molar-refractivity contribution in [1.82, 2.24) is 10.3 Å². The lowest BCUT2D eigenvalue weighted by Gasteiger charge is -2.14. The highest BCUT2D eigenvalue weighted by atomic mass is 32.1. The summed E-state index contributed by atoms with van der Waals surface area (Å²) >= 11 is 1.56. The molecule has 1 fully saturated rings. The second-order valence-corrected chi connectivity index (χ2v) is 4.26. The predicted molar refractivity (Wildman–Crippen MR) is 57.8 cm³/mol. The number of carbonyl (C=O) groups is 1. The van der Waals surface area contributed by atoms with Crippen LogP contribution in [0.2, 0.25) is 0 Å². The van der Waals surface area contributed by atoms with Crippen molar-refractivity contribution in [2.24, 2.45) is 5.92 Å². The smallest absolute Gasteiger partial charge is 0.310 e. The van der Waals surface area contributed by atoms with Gasteiger partial charge in [0.2, 0.25) is 0 Å². The molecule has 0 bridgehead atoms. The zero-order valence-electron chi connectivity index (χ0n) is 8.60. The van der Waals surface area contributed by atoms with Crippen LogP contribution in [0.25, 0.3) is 0 Å². The van der Waals surface area contributed by atoms with Gasteiger partial charge in [0.15, 0.2) is 0 Å². The van der Waals surface area contributed by atoms with E-state index in [0.29, 0.717) is 13.2 Å². The highest BCUT2D eigenvalue weighted by Gasteiger charge is 2.35. The topological polar surface area (TPSA) is 51.2 Å². The van der Waals surface area contributed by atoms with Crippen LogP contribution < -0.4 is 5.32 Å². The number of nitrogens with zero attached hydrogens (tertiary/aromatic N) is 1. The second-order valence-electron chi connectivity index (χ2n) is 3.54. The molecule has 0 aliphatic carbocycles. The first-order chi connectivity index (χ1) is 7.33. The van der Waals surface area contributed by atoms with Crippen molar-refractivity contribution in [2.75, 3.05) is 19.7 Å². The molecule has 0 amide bonds. The number of rotatable bonds is 3. The Kier molecular flexibility index (Phi) is 3.33. The summed E-state index contributed by atoms with van der Waals surface area (Å²) in [5, 5.41) is 5.22. The van der Waals surface area contributed by atoms with Crippen LogP contribution in [-0.2, 0) is 9.53 Å². The lowest BCUT2D eigenvalue weighted by molar-refractivity contribution is -0.147. The second kappa shape index (κ2) is 4.72. The predicted octanol–water partition coefficient (Wildman–Crippen LogP) is 1.01. The lowest BCUT2D eigenvalue weighted by Crippen LogP contribution is -2.24. The largest absolute Gasteiger partial charge is 0.466 e. The quantitative estimate of drug-likeness (QED) is 0.781. The molecule has 1 N–H and O–H groups in total. The van der Waals surface area contributed by atoms with Gasteiger partial charge in [-0.1, -0.05) is 0 Å². The molecule has 2 rings (SSSR count). The van der Waals surface area contributed by atoms with Gasteiger partial charge in [-0.3, -0.25) is 4.79 Å². The van der Waals surface area contributed by atoms with Gasteiger partial charge >= 0.3 is 5.97 Å². The Morgan fingerprint density at radius 2 is 2.60 bits per heavy atom. The molecule has 4 nitrogen and oxygen atoms in total. The molecular weight excluding hydrogens is 212 g/mol. The Hall–Kier alpha value is -0.940. The van der Waals surface area contributed by atoms with E-state index in [2.05, 4.69) is 10.3 Å². The minimum Gasteiger partial charge on any atom is -0.466 e. The van der Waals surface area contributed by atoms with Gasteiger partial charge in [-0.2, -0.15) is 0 Å². The average Bonchev–Trinajstić information content (AvgIpc) is 2.88. The number of thiazole rings is 1. The van der Waals surface area contributed by atoms with Crippen molar-refractivity contribution in [2.45, 2.75) is 12.8 Å². The van der Waals surface area contributed by atoms with Crippen molar-refractivity contribution in [1.29, 1.82) is 0 Å². The fourth-order valence-electron chi connectivity index (χ4n) is 1.89. The minimum atomic E-state index is -0.111. The van der Waals surface area contributed by atoms with Crippen LogP contribution in [0.4, 0.5) is 0 Å². The van der Waals surface area contributed by atoms with Crippen LogP contribution >= 0.6 is 11.3 Å². The van der Waals surface area contributed by atoms with Gasteiger partial charge in [-0.25, -0.2) is 4.98 Å². The summed E-state index contributed by atoms with van der Waals surface area (Å²) in [5.74, 6) is -0.0112. The summed E-state index contributed by atoms with van der Waals surface area (Å²) in [7, 11) is 0. The number of carbonyl (C=O) groups excluding carboxylic acids is 1. The van der Waals surface area contributed by atoms with Gasteiger partial charge in [0.1, 0.15) is 0 Å². The first kappa shape index (κ1) is 10.6. The van der Waals surface area contributed by atoms with Crippen molar-refractivity contribution >= 4 is 17.3 Å². The molecule has 1 saturated heterocycles. The molecule has 82 valence electrons. The average molecular weight is 226 g/mol. The molecule has 5 heteroatoms. The van der Waals surface area contributed by atoms with Gasteiger partial charge in [0.05, 0.1) is 23.7 Å². The van der Waals surface area contributed by atoms with Crippen LogP contribution in [0.1, 0.15) is 18.5 Å². The monoisotopic (exact) mass is 226 g/mol. The van der Waals surface area contributed by atoms with Gasteiger partial charge < -0.3 is 10.1 Å². The Morgan fingerprint density at radius 1 is 1.73 bits per heavy atom. The molecule has 1 aliphatic rings. The summed E-state index contributed by atoms with van der Waals surface area (Å²) < 4.78 is 5.05. The summed E-state index contributed by atoms with van der Waals surface area (Å²) in [4.78, 5) is 15.9. The van der Waals surface area contributed by atoms with Crippen molar-refractivity contribution < 1.29 is 9.53 Å². The normalized spacial score (nSPS) is 25.4. The first-order valence-corrected chi connectivity index (χ1v) is 6.02. The van der Waals surface area contributed by atoms with E-state index in [1.807, 2.05) is 12.3 Å². The molecule has 2 unspecified atom stereocenters. The van der Waals surface area contributed by atoms with Gasteiger partial charge in [0, 0.05) is 24.4 Å². The van der Waals surface area contributed by atoms with E-state index in [1.165, 1.54) is 0 Å². The number of hydrogen-bond donors (Lipinski definition) is 1. The fraction of sp³-hybridized carbons (Fsp3) is 0.600. The molecule has 0 spiro atoms. The fourth-order valence-corrected chi connectivity index (χ4v) is 2.51. The third-order valence-electron chi connectivity index (χ3n) is 2.63. The molecule has 1 aromatic rings. The maximum Gasteiger partial charge on any atom is 0.310 e. The summed E-state index contributed by atoms with van der Waals surface area (Å²) in [6.07, 6.45) is 0. The van der Waals surface area contributed by atoms with Gasteiger partial charge in [-0.05, 0) is 6.92 Å². The van der Waals surface area contributed by atoms with Crippen LogP contribution in [-0.4, -0.2) is 30.6 Å². The minimum absolute atomic E-state index is 0.0768. The maximum atomic E-state index is 11.7. The van der Waals surface area contributed by atoms with E-state index in [-0.39, 0.29) is 17.8 Å². The summed E-state index contributed by atoms with van der Waals surface area (Å²) in [6.45, 7) is 3.78. The van der Waals surface area contributed by atoms with E-state index in [9.17, 15) is 4.79 Å². The number of nitrogens with one attached hydrogen (secondary N) is 1. The Bertz CT molecular complexity index is 326. The molecule has 0 aromatic carbocycles. The highest BCUT2D eigenvalue weighted by molar-refractivity contribution is 7.07. The SMILES string of the molecule is CCOC(=O)C1CNCC1c1cscn1. The number of esters is 1. The number of aromatic nitrogens is 1. The van der Waals surface area contributed by atoms with E-state index in [0.717, 1.165) is 12.2 Å². The van der Waals surface area contributed by atoms with Gasteiger partial charge in [0.25, 0.3) is 0 Å². The summed E-state index contributed by atoms with van der Waals surface area (Å²) in [5.41, 5.74) is 2.80. The van der Waals surface area contributed by atoms with Crippen LogP contribution in [0, 0.1) is 5.92 Å². The molecule has 1 aromatic heterocycles. The summed E-state index contributed by atoms with van der Waals surface area (Å²) in [6, 6.07) is 0. The number of hydrogen-bond acceptors (Lipinski definition) is 5. The van der Waals surface area contributed by atoms with E-state index < -0.39 is 0 Å². The van der Waals surface area contributed by atoms with E-state index in [4.69, 9.17) is 4.74 Å². The van der Waals surface area contributed by atoms with E-state index >= 15 is 0 Å².